The minimum absolute atomic E-state index is 0.0147. The van der Waals surface area contributed by atoms with Crippen molar-refractivity contribution < 1.29 is 26.4 Å². The SMILES string of the molecule is CS(=O)(=O)Nc1ccc(C(=O)CN2CCC(C(=O)c3ccc(NS(C)(=O)=O)cc3)CC2)cc1. The summed E-state index contributed by atoms with van der Waals surface area (Å²) < 4.78 is 49.9. The van der Waals surface area contributed by atoms with Gasteiger partial charge in [0.1, 0.15) is 0 Å². The van der Waals surface area contributed by atoms with Crippen LogP contribution < -0.4 is 9.44 Å². The summed E-state index contributed by atoms with van der Waals surface area (Å²) in [7, 11) is -6.74. The maximum absolute atomic E-state index is 12.8. The molecule has 3 rings (SSSR count). The van der Waals surface area contributed by atoms with Gasteiger partial charge in [-0.05, 0) is 74.5 Å². The summed E-state index contributed by atoms with van der Waals surface area (Å²) in [5, 5.41) is 0. The van der Waals surface area contributed by atoms with Gasteiger partial charge in [0, 0.05) is 28.4 Å². The molecule has 0 atom stereocenters. The van der Waals surface area contributed by atoms with Crippen LogP contribution in [0.1, 0.15) is 33.6 Å². The molecule has 33 heavy (non-hydrogen) atoms. The fourth-order valence-electron chi connectivity index (χ4n) is 3.74. The second-order valence-corrected chi connectivity index (χ2v) is 11.7. The van der Waals surface area contributed by atoms with Gasteiger partial charge < -0.3 is 0 Å². The van der Waals surface area contributed by atoms with E-state index < -0.39 is 20.0 Å². The van der Waals surface area contributed by atoms with Crippen molar-refractivity contribution in [3.63, 3.8) is 0 Å². The van der Waals surface area contributed by atoms with Crippen LogP contribution in [-0.2, 0) is 20.0 Å². The number of likely N-dealkylation sites (tertiary alicyclic amines) is 1. The monoisotopic (exact) mass is 493 g/mol. The lowest BCUT2D eigenvalue weighted by Gasteiger charge is -2.30. The predicted octanol–water partition coefficient (Wildman–Crippen LogP) is 2.21. The summed E-state index contributed by atoms with van der Waals surface area (Å²) in [5.74, 6) is -0.202. The minimum Gasteiger partial charge on any atom is -0.296 e. The molecule has 0 aromatic heterocycles. The van der Waals surface area contributed by atoms with E-state index in [1.54, 1.807) is 48.5 Å². The Morgan fingerprint density at radius 1 is 0.788 bits per heavy atom. The molecule has 0 radical (unpaired) electrons. The maximum atomic E-state index is 12.8. The Morgan fingerprint density at radius 3 is 1.64 bits per heavy atom. The van der Waals surface area contributed by atoms with Crippen molar-refractivity contribution in [3.05, 3.63) is 59.7 Å². The van der Waals surface area contributed by atoms with Gasteiger partial charge in [0.2, 0.25) is 20.0 Å². The summed E-state index contributed by atoms with van der Waals surface area (Å²) in [4.78, 5) is 27.4. The lowest BCUT2D eigenvalue weighted by Crippen LogP contribution is -2.39. The summed E-state index contributed by atoms with van der Waals surface area (Å²) in [6.45, 7) is 1.46. The van der Waals surface area contributed by atoms with E-state index in [9.17, 15) is 26.4 Å². The van der Waals surface area contributed by atoms with Gasteiger partial charge in [0.05, 0.1) is 19.1 Å². The van der Waals surface area contributed by atoms with E-state index >= 15 is 0 Å². The number of piperidine rings is 1. The van der Waals surface area contributed by atoms with E-state index in [-0.39, 0.29) is 24.0 Å². The second kappa shape index (κ2) is 10.0. The average molecular weight is 494 g/mol. The van der Waals surface area contributed by atoms with Crippen molar-refractivity contribution in [3.8, 4) is 0 Å². The Balaban J connectivity index is 1.51. The van der Waals surface area contributed by atoms with Gasteiger partial charge in [-0.1, -0.05) is 0 Å². The molecule has 0 amide bonds. The zero-order chi connectivity index (χ0) is 24.2. The highest BCUT2D eigenvalue weighted by atomic mass is 32.2. The summed E-state index contributed by atoms with van der Waals surface area (Å²) in [5.41, 5.74) is 1.83. The summed E-state index contributed by atoms with van der Waals surface area (Å²) >= 11 is 0. The highest BCUT2D eigenvalue weighted by Crippen LogP contribution is 2.23. The van der Waals surface area contributed by atoms with Crippen LogP contribution in [0.5, 0.6) is 0 Å². The molecule has 178 valence electrons. The number of ketones is 2. The van der Waals surface area contributed by atoms with Crippen molar-refractivity contribution in [1.29, 1.82) is 0 Å². The van der Waals surface area contributed by atoms with E-state index in [0.29, 0.717) is 48.4 Å². The van der Waals surface area contributed by atoms with Crippen molar-refractivity contribution in [2.24, 2.45) is 5.92 Å². The molecule has 0 unspecified atom stereocenters. The Bertz CT molecular complexity index is 1220. The Labute approximate surface area is 194 Å². The van der Waals surface area contributed by atoms with Crippen LogP contribution in [0, 0.1) is 5.92 Å². The molecule has 1 fully saturated rings. The molecular weight excluding hydrogens is 466 g/mol. The summed E-state index contributed by atoms with van der Waals surface area (Å²) in [6, 6.07) is 12.7. The van der Waals surface area contributed by atoms with E-state index in [1.165, 1.54) is 0 Å². The topological polar surface area (TPSA) is 130 Å². The number of Topliss-reactive ketones (excluding diaryl/α,β-unsaturated/α-hetero) is 2. The number of carbonyl (C=O) groups excluding carboxylic acids is 2. The predicted molar refractivity (Wildman–Crippen MR) is 128 cm³/mol. The minimum atomic E-state index is -3.37. The van der Waals surface area contributed by atoms with Gasteiger partial charge in [-0.15, -0.1) is 0 Å². The number of rotatable bonds is 9. The van der Waals surface area contributed by atoms with Crippen LogP contribution in [0.2, 0.25) is 0 Å². The van der Waals surface area contributed by atoms with Crippen LogP contribution in [0.15, 0.2) is 48.5 Å². The third-order valence-corrected chi connectivity index (χ3v) is 6.52. The zero-order valence-corrected chi connectivity index (χ0v) is 20.1. The smallest absolute Gasteiger partial charge is 0.229 e. The third kappa shape index (κ3) is 7.65. The average Bonchev–Trinajstić information content (AvgIpc) is 2.72. The number of benzene rings is 2. The molecule has 0 aliphatic carbocycles. The fourth-order valence-corrected chi connectivity index (χ4v) is 4.87. The van der Waals surface area contributed by atoms with Gasteiger partial charge in [0.25, 0.3) is 0 Å². The number of hydrogen-bond acceptors (Lipinski definition) is 7. The fraction of sp³-hybridized carbons (Fsp3) is 0.364. The van der Waals surface area contributed by atoms with E-state index in [0.717, 1.165) is 12.5 Å². The van der Waals surface area contributed by atoms with Crippen LogP contribution >= 0.6 is 0 Å². The first-order valence-corrected chi connectivity index (χ1v) is 14.1. The van der Waals surface area contributed by atoms with E-state index in [1.807, 2.05) is 4.90 Å². The van der Waals surface area contributed by atoms with Crippen molar-refractivity contribution >= 4 is 43.0 Å². The molecule has 2 aromatic carbocycles. The summed E-state index contributed by atoms with van der Waals surface area (Å²) in [6.07, 6.45) is 3.39. The largest absolute Gasteiger partial charge is 0.296 e. The maximum Gasteiger partial charge on any atom is 0.229 e. The number of sulfonamides is 2. The standard InChI is InChI=1S/C22H27N3O6S2/c1-32(28,29)23-19-7-3-16(4-8-19)21(26)15-25-13-11-18(12-14-25)22(27)17-5-9-20(10-6-17)24-33(2,30)31/h3-10,18,23-24H,11-15H2,1-2H3. The molecule has 2 aromatic rings. The highest BCUT2D eigenvalue weighted by Gasteiger charge is 2.27. The van der Waals surface area contributed by atoms with Gasteiger partial charge in [-0.2, -0.15) is 0 Å². The Morgan fingerprint density at radius 2 is 1.21 bits per heavy atom. The van der Waals surface area contributed by atoms with Crippen LogP contribution in [-0.4, -0.2) is 65.4 Å². The number of anilines is 2. The lowest BCUT2D eigenvalue weighted by atomic mass is 9.88. The quantitative estimate of drug-likeness (QED) is 0.512. The Hall–Kier alpha value is -2.76. The number of hydrogen-bond donors (Lipinski definition) is 2. The van der Waals surface area contributed by atoms with Crippen LogP contribution in [0.3, 0.4) is 0 Å². The molecule has 0 bridgehead atoms. The number of nitrogens with zero attached hydrogens (tertiary/aromatic N) is 1. The van der Waals surface area contributed by atoms with Crippen molar-refractivity contribution in [1.82, 2.24) is 4.90 Å². The Kier molecular flexibility index (Phi) is 7.55. The lowest BCUT2D eigenvalue weighted by molar-refractivity contribution is 0.0805. The van der Waals surface area contributed by atoms with Gasteiger partial charge in [-0.25, -0.2) is 16.8 Å². The van der Waals surface area contributed by atoms with Crippen LogP contribution in [0.25, 0.3) is 0 Å². The molecular formula is C22H27N3O6S2. The van der Waals surface area contributed by atoms with Gasteiger partial charge in [0.15, 0.2) is 11.6 Å². The number of carbonyl (C=O) groups is 2. The second-order valence-electron chi connectivity index (χ2n) is 8.24. The van der Waals surface area contributed by atoms with Crippen LogP contribution in [0.4, 0.5) is 11.4 Å². The first-order valence-electron chi connectivity index (χ1n) is 10.3. The first-order chi connectivity index (χ1) is 15.4. The number of nitrogens with one attached hydrogen (secondary N) is 2. The van der Waals surface area contributed by atoms with E-state index in [2.05, 4.69) is 9.44 Å². The molecule has 1 aliphatic heterocycles. The normalized spacial score (nSPS) is 15.7. The molecule has 0 saturated carbocycles. The molecule has 11 heteroatoms. The molecule has 0 spiro atoms. The first kappa shape index (κ1) is 24.9. The van der Waals surface area contributed by atoms with Crippen molar-refractivity contribution in [2.45, 2.75) is 12.8 Å². The van der Waals surface area contributed by atoms with E-state index in [4.69, 9.17) is 0 Å². The van der Waals surface area contributed by atoms with Gasteiger partial charge in [-0.3, -0.25) is 23.9 Å². The zero-order valence-electron chi connectivity index (χ0n) is 18.4. The molecule has 2 N–H and O–H groups in total. The molecule has 9 nitrogen and oxygen atoms in total. The highest BCUT2D eigenvalue weighted by molar-refractivity contribution is 7.92. The third-order valence-electron chi connectivity index (χ3n) is 5.31. The molecule has 1 aliphatic rings. The molecule has 1 saturated heterocycles. The van der Waals surface area contributed by atoms with Crippen molar-refractivity contribution in [2.75, 3.05) is 41.6 Å². The molecule has 1 heterocycles. The van der Waals surface area contributed by atoms with Gasteiger partial charge >= 0.3 is 0 Å².